The molecule has 2 N–H and O–H groups in total. The van der Waals surface area contributed by atoms with E-state index in [1.54, 1.807) is 16.8 Å². The van der Waals surface area contributed by atoms with E-state index in [1.165, 1.54) is 0 Å². The van der Waals surface area contributed by atoms with Crippen LogP contribution in [-0.4, -0.2) is 98.6 Å². The zero-order chi connectivity index (χ0) is 27.7. The van der Waals surface area contributed by atoms with Crippen LogP contribution in [0.5, 0.6) is 5.75 Å². The highest BCUT2D eigenvalue weighted by atomic mass is 16.5. The molecule has 0 aliphatic carbocycles. The largest absolute Gasteiger partial charge is 0.490 e. The molecule has 37 heavy (non-hydrogen) atoms. The van der Waals surface area contributed by atoms with Crippen LogP contribution in [0.4, 0.5) is 10.5 Å². The summed E-state index contributed by atoms with van der Waals surface area (Å²) in [5, 5.41) is 13.0. The number of benzene rings is 1. The molecule has 0 saturated heterocycles. The zero-order valence-electron chi connectivity index (χ0n) is 24.0. The number of nitrogens with zero attached hydrogens (tertiary/aromatic N) is 3. The van der Waals surface area contributed by atoms with E-state index in [0.29, 0.717) is 31.0 Å². The van der Waals surface area contributed by atoms with Crippen LogP contribution >= 0.6 is 0 Å². The van der Waals surface area contributed by atoms with Crippen LogP contribution in [0, 0.1) is 5.92 Å². The Labute approximate surface area is 223 Å². The third-order valence-electron chi connectivity index (χ3n) is 6.76. The second kappa shape index (κ2) is 14.4. The predicted molar refractivity (Wildman–Crippen MR) is 147 cm³/mol. The molecule has 1 aliphatic heterocycles. The molecule has 0 saturated carbocycles. The first kappa shape index (κ1) is 30.7. The van der Waals surface area contributed by atoms with Crippen molar-refractivity contribution < 1.29 is 24.2 Å². The molecule has 1 aromatic carbocycles. The fourth-order valence-corrected chi connectivity index (χ4v) is 4.36. The van der Waals surface area contributed by atoms with E-state index < -0.39 is 6.04 Å². The number of amides is 3. The van der Waals surface area contributed by atoms with Crippen molar-refractivity contribution in [1.29, 1.82) is 0 Å². The van der Waals surface area contributed by atoms with Gasteiger partial charge in [-0.25, -0.2) is 4.79 Å². The summed E-state index contributed by atoms with van der Waals surface area (Å²) in [5.41, 5.74) is 1.38. The summed E-state index contributed by atoms with van der Waals surface area (Å²) in [6.45, 7) is 10.9. The Morgan fingerprint density at radius 1 is 1.19 bits per heavy atom. The lowest BCUT2D eigenvalue weighted by atomic mass is 10.0. The fourth-order valence-electron chi connectivity index (χ4n) is 4.36. The minimum Gasteiger partial charge on any atom is -0.490 e. The molecule has 1 heterocycles. The maximum atomic E-state index is 14.0. The lowest BCUT2D eigenvalue weighted by molar-refractivity contribution is -0.0122. The van der Waals surface area contributed by atoms with Gasteiger partial charge < -0.3 is 34.6 Å². The van der Waals surface area contributed by atoms with Crippen LogP contribution in [-0.2, 0) is 4.74 Å². The lowest BCUT2D eigenvalue weighted by Crippen LogP contribution is -2.49. The third-order valence-corrected chi connectivity index (χ3v) is 6.76. The first-order chi connectivity index (χ1) is 17.4. The quantitative estimate of drug-likeness (QED) is 0.595. The number of aliphatic hydroxyl groups excluding tert-OH is 1. The summed E-state index contributed by atoms with van der Waals surface area (Å²) in [6, 6.07) is 5.15. The van der Waals surface area contributed by atoms with Gasteiger partial charge in [0.25, 0.3) is 5.91 Å². The van der Waals surface area contributed by atoms with E-state index in [-0.39, 0.29) is 42.7 Å². The molecule has 2 rings (SSSR count). The van der Waals surface area contributed by atoms with E-state index in [2.05, 4.69) is 5.32 Å². The number of hydrogen-bond donors (Lipinski definition) is 2. The van der Waals surface area contributed by atoms with Crippen molar-refractivity contribution >= 4 is 17.6 Å². The van der Waals surface area contributed by atoms with Gasteiger partial charge in [0.15, 0.2) is 0 Å². The van der Waals surface area contributed by atoms with Gasteiger partial charge in [-0.2, -0.15) is 0 Å². The molecule has 3 amide bonds. The van der Waals surface area contributed by atoms with E-state index in [9.17, 15) is 14.7 Å². The molecule has 0 aromatic heterocycles. The summed E-state index contributed by atoms with van der Waals surface area (Å²) in [7, 11) is 5.63. The van der Waals surface area contributed by atoms with Crippen LogP contribution in [0.3, 0.4) is 0 Å². The minimum atomic E-state index is -0.404. The van der Waals surface area contributed by atoms with E-state index in [1.807, 2.05) is 71.8 Å². The number of fused-ring (bicyclic) bond motifs is 1. The standard InChI is InChI=1S/C28H48N4O5/c1-19(2)29-28(35)31(8)17-26-20(3)16-32(21(4)18-33)27(34)24-15-23(30(6)7)12-13-25(24)37-22(5)11-9-10-14-36-26/h12-13,15,19-22,26,33H,9-11,14,16-18H2,1-8H3,(H,29,35)/t20-,21-,22+,26+/m1/s1. The van der Waals surface area contributed by atoms with E-state index in [4.69, 9.17) is 9.47 Å². The van der Waals surface area contributed by atoms with Crippen molar-refractivity contribution in [2.75, 3.05) is 52.3 Å². The van der Waals surface area contributed by atoms with Crippen molar-refractivity contribution in [3.8, 4) is 5.75 Å². The Hall–Kier alpha value is -2.52. The third kappa shape index (κ3) is 9.07. The number of ether oxygens (including phenoxy) is 2. The monoisotopic (exact) mass is 520 g/mol. The van der Waals surface area contributed by atoms with Gasteiger partial charge in [-0.15, -0.1) is 0 Å². The minimum absolute atomic E-state index is 0.0344. The smallest absolute Gasteiger partial charge is 0.317 e. The molecule has 0 bridgehead atoms. The number of urea groups is 1. The zero-order valence-corrected chi connectivity index (χ0v) is 24.0. The molecular weight excluding hydrogens is 472 g/mol. The summed E-state index contributed by atoms with van der Waals surface area (Å²) in [6.07, 6.45) is 2.30. The molecule has 9 heteroatoms. The number of carbonyl (C=O) groups is 2. The van der Waals surface area contributed by atoms with Crippen LogP contribution < -0.4 is 15.0 Å². The molecule has 0 fully saturated rings. The Kier molecular flexibility index (Phi) is 12.0. The van der Waals surface area contributed by atoms with Crippen molar-refractivity contribution in [2.45, 2.75) is 78.2 Å². The van der Waals surface area contributed by atoms with Gasteiger partial charge in [-0.1, -0.05) is 6.92 Å². The molecule has 9 nitrogen and oxygen atoms in total. The van der Waals surface area contributed by atoms with Gasteiger partial charge in [-0.05, 0) is 65.2 Å². The molecule has 4 atom stereocenters. The molecule has 210 valence electrons. The maximum Gasteiger partial charge on any atom is 0.317 e. The summed E-state index contributed by atoms with van der Waals surface area (Å²) in [4.78, 5) is 31.9. The first-order valence-corrected chi connectivity index (χ1v) is 13.5. The molecule has 1 aromatic rings. The van der Waals surface area contributed by atoms with E-state index >= 15 is 0 Å². The summed E-state index contributed by atoms with van der Waals surface area (Å²) < 4.78 is 12.6. The lowest BCUT2D eigenvalue weighted by Gasteiger charge is -2.36. The SMILES string of the molecule is CC(C)NC(=O)N(C)C[C@@H]1OCCCC[C@H](C)Oc2ccc(N(C)C)cc2C(=O)N([C@H](C)CO)C[C@H]1C. The fraction of sp³-hybridized carbons (Fsp3) is 0.714. The summed E-state index contributed by atoms with van der Waals surface area (Å²) >= 11 is 0. The van der Waals surface area contributed by atoms with Crippen LogP contribution in [0.25, 0.3) is 0 Å². The number of hydrogen-bond acceptors (Lipinski definition) is 6. The van der Waals surface area contributed by atoms with Crippen LogP contribution in [0.1, 0.15) is 64.2 Å². The van der Waals surface area contributed by atoms with Crippen LogP contribution in [0.2, 0.25) is 0 Å². The van der Waals surface area contributed by atoms with E-state index in [0.717, 1.165) is 24.9 Å². The molecule has 1 aliphatic rings. The maximum absolute atomic E-state index is 14.0. The van der Waals surface area contributed by atoms with Gasteiger partial charge in [0, 0.05) is 58.5 Å². The van der Waals surface area contributed by atoms with Gasteiger partial charge in [0.1, 0.15) is 5.75 Å². The number of anilines is 1. The summed E-state index contributed by atoms with van der Waals surface area (Å²) in [5.74, 6) is 0.275. The number of nitrogens with one attached hydrogen (secondary N) is 1. The van der Waals surface area contributed by atoms with Crippen molar-refractivity contribution in [3.63, 3.8) is 0 Å². The Bertz CT molecular complexity index is 878. The van der Waals surface area contributed by atoms with Crippen LogP contribution in [0.15, 0.2) is 18.2 Å². The molecule has 0 spiro atoms. The predicted octanol–water partition coefficient (Wildman–Crippen LogP) is 3.60. The van der Waals surface area contributed by atoms with Crippen molar-refractivity contribution in [1.82, 2.24) is 15.1 Å². The number of likely N-dealkylation sites (N-methyl/N-ethyl adjacent to an activating group) is 1. The second-order valence-electron chi connectivity index (χ2n) is 10.9. The first-order valence-electron chi connectivity index (χ1n) is 13.5. The normalized spacial score (nSPS) is 22.5. The highest BCUT2D eigenvalue weighted by Crippen LogP contribution is 2.29. The number of aliphatic hydroxyl groups is 1. The average Bonchev–Trinajstić information content (AvgIpc) is 2.84. The molecular formula is C28H48N4O5. The Morgan fingerprint density at radius 3 is 2.51 bits per heavy atom. The van der Waals surface area contributed by atoms with Gasteiger partial charge in [0.05, 0.1) is 30.4 Å². The topological polar surface area (TPSA) is 94.6 Å². The van der Waals surface area contributed by atoms with Crippen molar-refractivity contribution in [3.05, 3.63) is 23.8 Å². The molecule has 0 radical (unpaired) electrons. The average molecular weight is 521 g/mol. The Morgan fingerprint density at radius 2 is 1.89 bits per heavy atom. The molecule has 0 unspecified atom stereocenters. The van der Waals surface area contributed by atoms with Crippen molar-refractivity contribution in [2.24, 2.45) is 5.92 Å². The second-order valence-corrected chi connectivity index (χ2v) is 10.9. The highest BCUT2D eigenvalue weighted by Gasteiger charge is 2.31. The highest BCUT2D eigenvalue weighted by molar-refractivity contribution is 5.98. The number of rotatable bonds is 6. The van der Waals surface area contributed by atoms with Gasteiger partial charge in [0.2, 0.25) is 0 Å². The Balaban J connectivity index is 2.43. The number of carbonyl (C=O) groups excluding carboxylic acids is 2. The van der Waals surface area contributed by atoms with Gasteiger partial charge in [-0.3, -0.25) is 4.79 Å². The van der Waals surface area contributed by atoms with Gasteiger partial charge >= 0.3 is 6.03 Å².